The van der Waals surface area contributed by atoms with E-state index in [2.05, 4.69) is 0 Å². The number of rotatable bonds is 4. The molecular weight excluding hydrogens is 304 g/mol. The molecule has 1 aromatic rings. The molecular formula is C13H17ClO5S. The first-order valence-electron chi connectivity index (χ1n) is 5.86. The summed E-state index contributed by atoms with van der Waals surface area (Å²) in [5.74, 6) is -0.0696. The van der Waals surface area contributed by atoms with Gasteiger partial charge in [0, 0.05) is 16.2 Å². The molecule has 0 bridgehead atoms. The number of ether oxygens (including phenoxy) is 2. The van der Waals surface area contributed by atoms with Gasteiger partial charge >= 0.3 is 5.97 Å². The third kappa shape index (κ3) is 5.02. The predicted octanol–water partition coefficient (Wildman–Crippen LogP) is 2.51. The molecule has 112 valence electrons. The first kappa shape index (κ1) is 16.8. The molecule has 0 aliphatic heterocycles. The Morgan fingerprint density at radius 2 is 1.90 bits per heavy atom. The number of hydrogen-bond donors (Lipinski definition) is 0. The molecule has 0 saturated carbocycles. The average molecular weight is 321 g/mol. The van der Waals surface area contributed by atoms with E-state index in [0.29, 0.717) is 11.3 Å². The monoisotopic (exact) mass is 320 g/mol. The first-order chi connectivity index (χ1) is 9.03. The van der Waals surface area contributed by atoms with Crippen molar-refractivity contribution in [3.8, 4) is 5.75 Å². The molecule has 0 radical (unpaired) electrons. The minimum atomic E-state index is -3.86. The molecule has 1 aromatic carbocycles. The number of halogens is 1. The Morgan fingerprint density at radius 1 is 1.30 bits per heavy atom. The number of methoxy groups -OCH3 is 1. The van der Waals surface area contributed by atoms with Crippen molar-refractivity contribution in [3.63, 3.8) is 0 Å². The first-order valence-corrected chi connectivity index (χ1v) is 8.17. The molecule has 0 heterocycles. The highest BCUT2D eigenvalue weighted by Gasteiger charge is 2.20. The third-order valence-electron chi connectivity index (χ3n) is 2.29. The number of carbonyl (C=O) groups excluding carboxylic acids is 1. The topological polar surface area (TPSA) is 69.7 Å². The highest BCUT2D eigenvalue weighted by atomic mass is 35.7. The standard InChI is InChI=1S/C13H17ClO5S/c1-13(2,3)19-12(15)8-9-7-10(20(14,16)17)5-6-11(9)18-4/h5-7H,8H2,1-4H3. The average Bonchev–Trinajstić information content (AvgIpc) is 2.24. The Labute approximate surface area is 123 Å². The molecule has 20 heavy (non-hydrogen) atoms. The lowest BCUT2D eigenvalue weighted by atomic mass is 10.1. The normalized spacial score (nSPS) is 12.1. The maximum Gasteiger partial charge on any atom is 0.310 e. The molecule has 0 spiro atoms. The molecule has 5 nitrogen and oxygen atoms in total. The minimum Gasteiger partial charge on any atom is -0.496 e. The maximum atomic E-state index is 11.8. The molecule has 0 N–H and O–H groups in total. The van der Waals surface area contributed by atoms with Gasteiger partial charge in [-0.15, -0.1) is 0 Å². The van der Waals surface area contributed by atoms with Crippen molar-refractivity contribution in [2.45, 2.75) is 37.7 Å². The van der Waals surface area contributed by atoms with Crippen LogP contribution in [-0.4, -0.2) is 27.1 Å². The molecule has 0 unspecified atom stereocenters. The lowest BCUT2D eigenvalue weighted by Crippen LogP contribution is -2.25. The summed E-state index contributed by atoms with van der Waals surface area (Å²) in [6, 6.07) is 4.08. The lowest BCUT2D eigenvalue weighted by molar-refractivity contribution is -0.153. The Morgan fingerprint density at radius 3 is 2.35 bits per heavy atom. The van der Waals surface area contributed by atoms with Crippen LogP contribution in [0.5, 0.6) is 5.75 Å². The van der Waals surface area contributed by atoms with Crippen LogP contribution in [0.1, 0.15) is 26.3 Å². The summed E-state index contributed by atoms with van der Waals surface area (Å²) >= 11 is 0. The molecule has 0 aliphatic rings. The molecule has 0 aliphatic carbocycles. The van der Waals surface area contributed by atoms with Gasteiger partial charge in [0.15, 0.2) is 0 Å². The van der Waals surface area contributed by atoms with E-state index >= 15 is 0 Å². The van der Waals surface area contributed by atoms with Crippen molar-refractivity contribution in [1.82, 2.24) is 0 Å². The maximum absolute atomic E-state index is 11.8. The second-order valence-electron chi connectivity index (χ2n) is 5.17. The molecule has 0 fully saturated rings. The zero-order valence-electron chi connectivity index (χ0n) is 11.8. The van der Waals surface area contributed by atoms with E-state index in [1.807, 2.05) is 0 Å². The van der Waals surface area contributed by atoms with Crippen molar-refractivity contribution < 1.29 is 22.7 Å². The van der Waals surface area contributed by atoms with E-state index in [4.69, 9.17) is 20.2 Å². The fourth-order valence-electron chi connectivity index (χ4n) is 1.58. The summed E-state index contributed by atoms with van der Waals surface area (Å²) in [6.07, 6.45) is -0.0965. The summed E-state index contributed by atoms with van der Waals surface area (Å²) in [4.78, 5) is 11.7. The van der Waals surface area contributed by atoms with E-state index in [0.717, 1.165) is 0 Å². The number of carbonyl (C=O) groups is 1. The number of benzene rings is 1. The van der Waals surface area contributed by atoms with Gasteiger partial charge in [0.1, 0.15) is 11.4 Å². The smallest absolute Gasteiger partial charge is 0.310 e. The minimum absolute atomic E-state index is 0.0847. The van der Waals surface area contributed by atoms with Crippen molar-refractivity contribution in [3.05, 3.63) is 23.8 Å². The molecule has 0 saturated heterocycles. The van der Waals surface area contributed by atoms with Crippen LogP contribution in [0.3, 0.4) is 0 Å². The van der Waals surface area contributed by atoms with Crippen LogP contribution in [0.25, 0.3) is 0 Å². The van der Waals surface area contributed by atoms with Crippen LogP contribution in [0.15, 0.2) is 23.1 Å². The van der Waals surface area contributed by atoms with Crippen LogP contribution in [-0.2, 0) is 25.0 Å². The number of esters is 1. The third-order valence-corrected chi connectivity index (χ3v) is 3.64. The van der Waals surface area contributed by atoms with Crippen LogP contribution in [0.2, 0.25) is 0 Å². The van der Waals surface area contributed by atoms with Crippen molar-refractivity contribution in [2.75, 3.05) is 7.11 Å². The Hall–Kier alpha value is -1.27. The zero-order valence-corrected chi connectivity index (χ0v) is 13.3. The van der Waals surface area contributed by atoms with Crippen molar-refractivity contribution in [2.24, 2.45) is 0 Å². The Bertz CT molecular complexity index is 602. The second kappa shape index (κ2) is 6.01. The summed E-state index contributed by atoms with van der Waals surface area (Å²) in [5, 5.41) is 0. The quantitative estimate of drug-likeness (QED) is 0.629. The Balaban J connectivity index is 3.07. The fourth-order valence-corrected chi connectivity index (χ4v) is 2.38. The van der Waals surface area contributed by atoms with E-state index in [1.54, 1.807) is 20.8 Å². The van der Waals surface area contributed by atoms with E-state index in [-0.39, 0.29) is 11.3 Å². The van der Waals surface area contributed by atoms with Crippen LogP contribution >= 0.6 is 10.7 Å². The highest BCUT2D eigenvalue weighted by molar-refractivity contribution is 8.13. The van der Waals surface area contributed by atoms with Crippen LogP contribution in [0.4, 0.5) is 0 Å². The molecule has 7 heteroatoms. The summed E-state index contributed by atoms with van der Waals surface area (Å²) in [5.41, 5.74) is -0.205. The van der Waals surface area contributed by atoms with Gasteiger partial charge in [0.05, 0.1) is 18.4 Å². The summed E-state index contributed by atoms with van der Waals surface area (Å²) in [7, 11) is 2.86. The second-order valence-corrected chi connectivity index (χ2v) is 7.74. The zero-order chi connectivity index (χ0) is 15.6. The van der Waals surface area contributed by atoms with Gasteiger partial charge in [0.2, 0.25) is 0 Å². The van der Waals surface area contributed by atoms with Crippen molar-refractivity contribution in [1.29, 1.82) is 0 Å². The molecule has 0 aromatic heterocycles. The van der Waals surface area contributed by atoms with Gasteiger partial charge in [-0.05, 0) is 39.0 Å². The summed E-state index contributed by atoms with van der Waals surface area (Å²) < 4.78 is 32.9. The summed E-state index contributed by atoms with van der Waals surface area (Å²) in [6.45, 7) is 5.26. The molecule has 0 amide bonds. The van der Waals surface area contributed by atoms with Gasteiger partial charge in [-0.25, -0.2) is 8.42 Å². The lowest BCUT2D eigenvalue weighted by Gasteiger charge is -2.20. The van der Waals surface area contributed by atoms with Crippen LogP contribution in [0, 0.1) is 0 Å². The van der Waals surface area contributed by atoms with Crippen molar-refractivity contribution >= 4 is 25.7 Å². The van der Waals surface area contributed by atoms with Gasteiger partial charge in [-0.2, -0.15) is 0 Å². The molecule has 0 atom stereocenters. The van der Waals surface area contributed by atoms with Gasteiger partial charge < -0.3 is 9.47 Å². The van der Waals surface area contributed by atoms with Gasteiger partial charge in [0.25, 0.3) is 9.05 Å². The molecule has 1 rings (SSSR count). The Kier molecular flexibility index (Phi) is 5.05. The van der Waals surface area contributed by atoms with Gasteiger partial charge in [-0.1, -0.05) is 0 Å². The highest BCUT2D eigenvalue weighted by Crippen LogP contribution is 2.25. The predicted molar refractivity (Wildman–Crippen MR) is 75.6 cm³/mol. The van der Waals surface area contributed by atoms with Gasteiger partial charge in [-0.3, -0.25) is 4.79 Å². The van der Waals surface area contributed by atoms with E-state index in [9.17, 15) is 13.2 Å². The number of hydrogen-bond acceptors (Lipinski definition) is 5. The largest absolute Gasteiger partial charge is 0.496 e. The fraction of sp³-hybridized carbons (Fsp3) is 0.462. The van der Waals surface area contributed by atoms with Crippen LogP contribution < -0.4 is 4.74 Å². The van der Waals surface area contributed by atoms with E-state index < -0.39 is 20.6 Å². The SMILES string of the molecule is COc1ccc(S(=O)(=O)Cl)cc1CC(=O)OC(C)(C)C. The van der Waals surface area contributed by atoms with E-state index in [1.165, 1.54) is 25.3 Å².